The molecule has 27 heavy (non-hydrogen) atoms. The monoisotopic (exact) mass is 380 g/mol. The molecular formula is C19H19F3N2O3. The van der Waals surface area contributed by atoms with Crippen molar-refractivity contribution in [1.29, 1.82) is 0 Å². The first-order valence-corrected chi connectivity index (χ1v) is 8.25. The van der Waals surface area contributed by atoms with E-state index >= 15 is 0 Å². The number of imidazole rings is 1. The van der Waals surface area contributed by atoms with Gasteiger partial charge < -0.3 is 19.1 Å². The number of hydrogen-bond acceptors (Lipinski definition) is 4. The molecule has 0 bridgehead atoms. The molecule has 1 heterocycles. The fourth-order valence-corrected chi connectivity index (χ4v) is 3.00. The molecule has 0 radical (unpaired) electrons. The number of aryl methyl sites for hydroxylation is 2. The number of benzene rings is 2. The number of alkyl halides is 3. The summed E-state index contributed by atoms with van der Waals surface area (Å²) in [5.74, 6) is 1.54. The van der Waals surface area contributed by atoms with Crippen LogP contribution in [0.1, 0.15) is 17.0 Å². The summed E-state index contributed by atoms with van der Waals surface area (Å²) in [6, 6.07) is 8.94. The predicted octanol–water partition coefficient (Wildman–Crippen LogP) is 3.81. The van der Waals surface area contributed by atoms with E-state index in [1.165, 1.54) is 6.07 Å². The smallest absolute Gasteiger partial charge is 0.416 e. The first-order valence-electron chi connectivity index (χ1n) is 8.25. The van der Waals surface area contributed by atoms with Gasteiger partial charge >= 0.3 is 6.18 Å². The molecule has 0 aliphatic rings. The van der Waals surface area contributed by atoms with E-state index < -0.39 is 11.7 Å². The highest BCUT2D eigenvalue weighted by atomic mass is 19.4. The van der Waals surface area contributed by atoms with Gasteiger partial charge in [-0.15, -0.1) is 0 Å². The van der Waals surface area contributed by atoms with Crippen LogP contribution in [0.25, 0.3) is 11.0 Å². The lowest BCUT2D eigenvalue weighted by atomic mass is 10.1. The number of aliphatic hydroxyl groups is 1. The topological polar surface area (TPSA) is 56.5 Å². The summed E-state index contributed by atoms with van der Waals surface area (Å²) in [6.07, 6.45) is -3.85. The van der Waals surface area contributed by atoms with Crippen LogP contribution >= 0.6 is 0 Å². The summed E-state index contributed by atoms with van der Waals surface area (Å²) in [5.41, 5.74) is 0.961. The largest absolute Gasteiger partial charge is 0.493 e. The average Bonchev–Trinajstić information content (AvgIpc) is 3.02. The fourth-order valence-electron chi connectivity index (χ4n) is 3.00. The van der Waals surface area contributed by atoms with E-state index in [9.17, 15) is 18.3 Å². The van der Waals surface area contributed by atoms with Crippen LogP contribution in [0.4, 0.5) is 13.2 Å². The Hall–Kier alpha value is -2.74. The zero-order valence-corrected chi connectivity index (χ0v) is 14.9. The minimum atomic E-state index is -4.43. The summed E-state index contributed by atoms with van der Waals surface area (Å²) in [6.45, 7) is 0.0925. The number of methoxy groups -OCH3 is 2. The van der Waals surface area contributed by atoms with Gasteiger partial charge in [0.25, 0.3) is 0 Å². The summed E-state index contributed by atoms with van der Waals surface area (Å²) in [7, 11) is 3.10. The molecule has 3 rings (SSSR count). The Kier molecular flexibility index (Phi) is 5.27. The number of nitrogens with zero attached hydrogens (tertiary/aromatic N) is 2. The molecule has 8 heteroatoms. The van der Waals surface area contributed by atoms with Gasteiger partial charge in [-0.1, -0.05) is 6.07 Å². The van der Waals surface area contributed by atoms with Crippen LogP contribution in [0, 0.1) is 0 Å². The first kappa shape index (κ1) is 19.0. The first-order chi connectivity index (χ1) is 12.9. The van der Waals surface area contributed by atoms with Gasteiger partial charge in [-0.25, -0.2) is 4.98 Å². The Labute approximate surface area is 154 Å². The molecule has 0 aliphatic heterocycles. The molecule has 1 aromatic heterocycles. The molecule has 144 valence electrons. The maximum absolute atomic E-state index is 12.9. The fraction of sp³-hybridized carbons (Fsp3) is 0.316. The van der Waals surface area contributed by atoms with Gasteiger partial charge in [0, 0.05) is 6.54 Å². The van der Waals surface area contributed by atoms with Crippen molar-refractivity contribution < 1.29 is 27.8 Å². The second kappa shape index (κ2) is 7.48. The normalized spacial score (nSPS) is 11.8. The van der Waals surface area contributed by atoms with Crippen molar-refractivity contribution in [3.05, 3.63) is 53.3 Å². The molecule has 1 N–H and O–H groups in total. The third-order valence-corrected chi connectivity index (χ3v) is 4.37. The minimum absolute atomic E-state index is 0.209. The lowest BCUT2D eigenvalue weighted by Gasteiger charge is -2.11. The van der Waals surface area contributed by atoms with Crippen LogP contribution in [-0.2, 0) is 25.7 Å². The second-order valence-corrected chi connectivity index (χ2v) is 5.98. The van der Waals surface area contributed by atoms with Gasteiger partial charge in [-0.3, -0.25) is 0 Å². The molecule has 0 aliphatic carbocycles. The van der Waals surface area contributed by atoms with Gasteiger partial charge in [0.05, 0.1) is 30.8 Å². The van der Waals surface area contributed by atoms with Gasteiger partial charge in [0.1, 0.15) is 12.4 Å². The van der Waals surface area contributed by atoms with Gasteiger partial charge in [0.2, 0.25) is 0 Å². The standard InChI is InChI=1S/C19H19F3N2O3/c1-26-16-6-3-12(9-17(16)27-2)7-8-24-15-5-4-13(19(20,21)22)10-14(15)23-18(24)11-25/h3-6,9-10,25H,7-8,11H2,1-2H3. The van der Waals surface area contributed by atoms with Gasteiger partial charge in [-0.05, 0) is 42.3 Å². The minimum Gasteiger partial charge on any atom is -0.493 e. The van der Waals surface area contributed by atoms with E-state index in [0.717, 1.165) is 17.7 Å². The van der Waals surface area contributed by atoms with E-state index in [0.29, 0.717) is 35.8 Å². The maximum atomic E-state index is 12.9. The highest BCUT2D eigenvalue weighted by molar-refractivity contribution is 5.77. The predicted molar refractivity (Wildman–Crippen MR) is 93.9 cm³/mol. The van der Waals surface area contributed by atoms with E-state index in [2.05, 4.69) is 4.98 Å². The highest BCUT2D eigenvalue weighted by Crippen LogP contribution is 2.32. The number of aromatic nitrogens is 2. The van der Waals surface area contributed by atoms with Crippen LogP contribution in [0.3, 0.4) is 0 Å². The third-order valence-electron chi connectivity index (χ3n) is 4.37. The lowest BCUT2D eigenvalue weighted by molar-refractivity contribution is -0.137. The molecule has 0 saturated heterocycles. The molecule has 0 unspecified atom stereocenters. The Morgan fingerprint density at radius 1 is 1.04 bits per heavy atom. The molecule has 5 nitrogen and oxygen atoms in total. The van der Waals surface area contributed by atoms with Crippen LogP contribution < -0.4 is 9.47 Å². The van der Waals surface area contributed by atoms with E-state index in [-0.39, 0.29) is 12.1 Å². The van der Waals surface area contributed by atoms with Gasteiger partial charge in [0.15, 0.2) is 11.5 Å². The summed E-state index contributed by atoms with van der Waals surface area (Å²) in [4.78, 5) is 4.15. The maximum Gasteiger partial charge on any atom is 0.416 e. The van der Waals surface area contributed by atoms with Crippen molar-refractivity contribution in [3.63, 3.8) is 0 Å². The van der Waals surface area contributed by atoms with Crippen LogP contribution in [-0.4, -0.2) is 28.9 Å². The zero-order valence-electron chi connectivity index (χ0n) is 14.9. The van der Waals surface area contributed by atoms with Crippen molar-refractivity contribution in [2.75, 3.05) is 14.2 Å². The van der Waals surface area contributed by atoms with Crippen LogP contribution in [0.2, 0.25) is 0 Å². The van der Waals surface area contributed by atoms with Gasteiger partial charge in [-0.2, -0.15) is 13.2 Å². The third kappa shape index (κ3) is 3.85. The Morgan fingerprint density at radius 3 is 2.41 bits per heavy atom. The lowest BCUT2D eigenvalue weighted by Crippen LogP contribution is -2.07. The van der Waals surface area contributed by atoms with Crippen LogP contribution in [0.15, 0.2) is 36.4 Å². The Morgan fingerprint density at radius 2 is 1.78 bits per heavy atom. The van der Waals surface area contributed by atoms with Crippen molar-refractivity contribution in [2.24, 2.45) is 0 Å². The molecule has 0 spiro atoms. The average molecular weight is 380 g/mol. The SMILES string of the molecule is COc1ccc(CCn2c(CO)nc3cc(C(F)(F)F)ccc32)cc1OC. The summed E-state index contributed by atoms with van der Waals surface area (Å²) < 4.78 is 50.9. The molecule has 0 atom stereocenters. The van der Waals surface area contributed by atoms with Crippen molar-refractivity contribution in [1.82, 2.24) is 9.55 Å². The number of ether oxygens (including phenoxy) is 2. The highest BCUT2D eigenvalue weighted by Gasteiger charge is 2.31. The van der Waals surface area contributed by atoms with Crippen molar-refractivity contribution >= 4 is 11.0 Å². The number of aliphatic hydroxyl groups excluding tert-OH is 1. The number of rotatable bonds is 6. The quantitative estimate of drug-likeness (QED) is 0.707. The van der Waals surface area contributed by atoms with Crippen molar-refractivity contribution in [3.8, 4) is 11.5 Å². The second-order valence-electron chi connectivity index (χ2n) is 5.98. The Balaban J connectivity index is 1.90. The van der Waals surface area contributed by atoms with Crippen molar-refractivity contribution in [2.45, 2.75) is 25.7 Å². The number of halogens is 3. The molecule has 2 aromatic carbocycles. The summed E-state index contributed by atoms with van der Waals surface area (Å²) in [5, 5.41) is 9.55. The van der Waals surface area contributed by atoms with E-state index in [1.54, 1.807) is 24.9 Å². The molecule has 0 saturated carbocycles. The Bertz CT molecular complexity index is 951. The van der Waals surface area contributed by atoms with E-state index in [4.69, 9.17) is 9.47 Å². The number of hydrogen-bond donors (Lipinski definition) is 1. The summed E-state index contributed by atoms with van der Waals surface area (Å²) >= 11 is 0. The molecule has 3 aromatic rings. The molecule has 0 amide bonds. The van der Waals surface area contributed by atoms with Crippen LogP contribution in [0.5, 0.6) is 11.5 Å². The molecular weight excluding hydrogens is 361 g/mol. The zero-order chi connectivity index (χ0) is 19.6. The molecule has 0 fully saturated rings. The number of fused-ring (bicyclic) bond motifs is 1. The van der Waals surface area contributed by atoms with E-state index in [1.807, 2.05) is 12.1 Å².